The molecule has 37 heavy (non-hydrogen) atoms. The number of nitrogens with zero attached hydrogens (tertiary/aromatic N) is 6. The average molecular weight is 558 g/mol. The lowest BCUT2D eigenvalue weighted by Crippen LogP contribution is -2.46. The maximum Gasteiger partial charge on any atom is 0.453 e. The van der Waals surface area contributed by atoms with Crippen molar-refractivity contribution in [2.24, 2.45) is 5.10 Å². The van der Waals surface area contributed by atoms with Crippen molar-refractivity contribution in [1.82, 2.24) is 26.0 Å². The standard InChI is InChI=1S/C19H16Cl2F3N11O2/c20-9-1-2-10(11(21)7-9)15-13(34-17(19(22,23)24)31-32-33-34)8-28-18(30-15)27-6-5-26-14-4-3-12(35(36)37)16(25)29-14/h1-4,7-8,32-33H,5-6H2,(H3,25,26,29)(H,27,28,30). The molecule has 0 fully saturated rings. The predicted octanol–water partition coefficient (Wildman–Crippen LogP) is 3.56. The van der Waals surface area contributed by atoms with Gasteiger partial charge in [-0.25, -0.2) is 25.5 Å². The van der Waals surface area contributed by atoms with E-state index in [1.165, 1.54) is 36.5 Å². The molecule has 1 aliphatic rings. The van der Waals surface area contributed by atoms with Crippen LogP contribution in [0, 0.1) is 10.1 Å². The molecule has 4 rings (SSSR count). The zero-order valence-corrected chi connectivity index (χ0v) is 19.9. The van der Waals surface area contributed by atoms with Gasteiger partial charge in [0.2, 0.25) is 11.8 Å². The van der Waals surface area contributed by atoms with Crippen LogP contribution in [0.5, 0.6) is 0 Å². The van der Waals surface area contributed by atoms with E-state index < -0.39 is 16.9 Å². The molecule has 2 aromatic heterocycles. The van der Waals surface area contributed by atoms with Crippen molar-refractivity contribution < 1.29 is 18.1 Å². The van der Waals surface area contributed by atoms with Gasteiger partial charge in [-0.05, 0) is 24.3 Å². The molecular formula is C19H16Cl2F3N11O2. The molecular weight excluding hydrogens is 542 g/mol. The number of amidine groups is 1. The highest BCUT2D eigenvalue weighted by Crippen LogP contribution is 2.37. The number of hydrazone groups is 1. The van der Waals surface area contributed by atoms with Gasteiger partial charge in [-0.1, -0.05) is 23.2 Å². The van der Waals surface area contributed by atoms with Gasteiger partial charge in [0, 0.05) is 29.7 Å². The van der Waals surface area contributed by atoms with Crippen LogP contribution in [0.1, 0.15) is 0 Å². The van der Waals surface area contributed by atoms with Gasteiger partial charge in [0.15, 0.2) is 0 Å². The Hall–Kier alpha value is -4.15. The van der Waals surface area contributed by atoms with Crippen molar-refractivity contribution in [2.75, 3.05) is 34.5 Å². The molecule has 0 radical (unpaired) electrons. The molecule has 0 saturated carbocycles. The highest BCUT2D eigenvalue weighted by Gasteiger charge is 2.44. The van der Waals surface area contributed by atoms with E-state index in [0.29, 0.717) is 21.4 Å². The predicted molar refractivity (Wildman–Crippen MR) is 132 cm³/mol. The molecule has 0 spiro atoms. The fraction of sp³-hybridized carbons (Fsp3) is 0.158. The van der Waals surface area contributed by atoms with Crippen LogP contribution in [0.2, 0.25) is 10.0 Å². The lowest BCUT2D eigenvalue weighted by Gasteiger charge is -2.23. The van der Waals surface area contributed by atoms with Gasteiger partial charge < -0.3 is 16.4 Å². The molecule has 194 valence electrons. The number of hydrazine groups is 2. The minimum absolute atomic E-state index is 0.0603. The quantitative estimate of drug-likeness (QED) is 0.156. The molecule has 3 heterocycles. The average Bonchev–Trinajstić information content (AvgIpc) is 3.32. The zero-order valence-electron chi connectivity index (χ0n) is 18.3. The highest BCUT2D eigenvalue weighted by atomic mass is 35.5. The van der Waals surface area contributed by atoms with E-state index in [1.54, 1.807) is 0 Å². The van der Waals surface area contributed by atoms with E-state index in [2.05, 4.69) is 41.8 Å². The summed E-state index contributed by atoms with van der Waals surface area (Å²) in [5, 5.41) is 21.1. The number of benzene rings is 1. The van der Waals surface area contributed by atoms with Crippen molar-refractivity contribution in [3.05, 3.63) is 56.7 Å². The van der Waals surface area contributed by atoms with E-state index >= 15 is 0 Å². The molecule has 0 aliphatic carbocycles. The molecule has 0 saturated heterocycles. The van der Waals surface area contributed by atoms with E-state index in [9.17, 15) is 23.3 Å². The number of nitrogens with one attached hydrogen (secondary N) is 4. The Kier molecular flexibility index (Phi) is 7.33. The van der Waals surface area contributed by atoms with Gasteiger partial charge in [0.05, 0.1) is 16.1 Å². The topological polar surface area (TPSA) is 172 Å². The van der Waals surface area contributed by atoms with E-state index in [1.807, 2.05) is 0 Å². The number of nitrogen functional groups attached to an aromatic ring is 1. The molecule has 13 nitrogen and oxygen atoms in total. The second kappa shape index (κ2) is 10.5. The van der Waals surface area contributed by atoms with Crippen LogP contribution in [0.25, 0.3) is 11.3 Å². The summed E-state index contributed by atoms with van der Waals surface area (Å²) >= 11 is 12.3. The normalized spacial score (nSPS) is 13.2. The Labute approximate surface area is 216 Å². The largest absolute Gasteiger partial charge is 0.453 e. The summed E-state index contributed by atoms with van der Waals surface area (Å²) in [7, 11) is 0. The van der Waals surface area contributed by atoms with Crippen LogP contribution in [0.15, 0.2) is 41.6 Å². The number of alkyl halides is 3. The molecule has 6 N–H and O–H groups in total. The third-order valence-corrected chi connectivity index (χ3v) is 5.35. The lowest BCUT2D eigenvalue weighted by atomic mass is 10.1. The smallest absolute Gasteiger partial charge is 0.378 e. The fourth-order valence-corrected chi connectivity index (χ4v) is 3.68. The molecule has 3 aromatic rings. The Morgan fingerprint density at radius 2 is 1.89 bits per heavy atom. The van der Waals surface area contributed by atoms with Crippen LogP contribution >= 0.6 is 23.2 Å². The van der Waals surface area contributed by atoms with Crippen LogP contribution in [0.4, 0.5) is 42.1 Å². The van der Waals surface area contributed by atoms with E-state index in [4.69, 9.17) is 28.9 Å². The summed E-state index contributed by atoms with van der Waals surface area (Å²) in [5.41, 5.74) is 9.90. The van der Waals surface area contributed by atoms with Crippen molar-refractivity contribution in [2.45, 2.75) is 6.18 Å². The molecule has 0 bridgehead atoms. The Balaban J connectivity index is 1.55. The van der Waals surface area contributed by atoms with Gasteiger partial charge in [-0.3, -0.25) is 10.1 Å². The van der Waals surface area contributed by atoms with Crippen molar-refractivity contribution in [3.63, 3.8) is 0 Å². The third kappa shape index (κ3) is 5.82. The Morgan fingerprint density at radius 1 is 1.14 bits per heavy atom. The van der Waals surface area contributed by atoms with Crippen molar-refractivity contribution in [3.8, 4) is 11.3 Å². The van der Waals surface area contributed by atoms with Gasteiger partial charge in [-0.2, -0.15) is 13.2 Å². The number of halogens is 5. The zero-order chi connectivity index (χ0) is 26.7. The number of nitro groups is 1. The maximum absolute atomic E-state index is 13.5. The first-order chi connectivity index (χ1) is 17.5. The summed E-state index contributed by atoms with van der Waals surface area (Å²) in [6.45, 7) is 0.513. The minimum atomic E-state index is -4.78. The summed E-state index contributed by atoms with van der Waals surface area (Å²) < 4.78 is 40.4. The molecule has 1 aliphatic heterocycles. The highest BCUT2D eigenvalue weighted by molar-refractivity contribution is 6.36. The summed E-state index contributed by atoms with van der Waals surface area (Å²) in [6.07, 6.45) is -3.61. The van der Waals surface area contributed by atoms with Gasteiger partial charge >= 0.3 is 11.9 Å². The number of hydrogen-bond acceptors (Lipinski definition) is 12. The number of anilines is 4. The Bertz CT molecular complexity index is 1370. The van der Waals surface area contributed by atoms with Crippen LogP contribution in [-0.2, 0) is 0 Å². The minimum Gasteiger partial charge on any atom is -0.378 e. The molecule has 1 aromatic carbocycles. The van der Waals surface area contributed by atoms with Crippen molar-refractivity contribution in [1.29, 1.82) is 0 Å². The van der Waals surface area contributed by atoms with E-state index in [-0.39, 0.29) is 46.9 Å². The Morgan fingerprint density at radius 3 is 2.57 bits per heavy atom. The number of nitrogens with two attached hydrogens (primary N) is 1. The van der Waals surface area contributed by atoms with E-state index in [0.717, 1.165) is 0 Å². The number of hydrogen-bond donors (Lipinski definition) is 5. The molecule has 18 heteroatoms. The first kappa shape index (κ1) is 25.9. The van der Waals surface area contributed by atoms with Crippen LogP contribution in [-0.4, -0.2) is 45.0 Å². The molecule has 0 atom stereocenters. The summed E-state index contributed by atoms with van der Waals surface area (Å²) in [4.78, 5) is 22.6. The van der Waals surface area contributed by atoms with Gasteiger partial charge in [0.25, 0.3) is 5.84 Å². The maximum atomic E-state index is 13.5. The first-order valence-electron chi connectivity index (χ1n) is 10.2. The van der Waals surface area contributed by atoms with Crippen molar-refractivity contribution >= 4 is 58.0 Å². The first-order valence-corrected chi connectivity index (χ1v) is 11.0. The van der Waals surface area contributed by atoms with Gasteiger partial charge in [0.1, 0.15) is 17.2 Å². The second-order valence-corrected chi connectivity index (χ2v) is 8.10. The number of aromatic nitrogens is 3. The van der Waals surface area contributed by atoms with Crippen LogP contribution < -0.4 is 32.4 Å². The van der Waals surface area contributed by atoms with Gasteiger partial charge in [-0.15, -0.1) is 10.6 Å². The third-order valence-electron chi connectivity index (χ3n) is 4.80. The summed E-state index contributed by atoms with van der Waals surface area (Å²) in [5.74, 6) is -1.11. The SMILES string of the molecule is Nc1nc(NCCNc2ncc(N3NNN=C3C(F)(F)F)c(-c3ccc(Cl)cc3Cl)n2)ccc1[N+](=O)[O-]. The molecule has 0 unspecified atom stereocenters. The summed E-state index contributed by atoms with van der Waals surface area (Å²) in [6, 6.07) is 7.08. The fourth-order valence-electron chi connectivity index (χ4n) is 3.18. The second-order valence-electron chi connectivity index (χ2n) is 7.26. The number of pyridine rings is 1. The lowest BCUT2D eigenvalue weighted by molar-refractivity contribution is -0.384. The monoisotopic (exact) mass is 557 g/mol. The van der Waals surface area contributed by atoms with Crippen LogP contribution in [0.3, 0.4) is 0 Å². The molecule has 0 amide bonds. The number of rotatable bonds is 8.